The topological polar surface area (TPSA) is 55.4 Å². The second-order valence-electron chi connectivity index (χ2n) is 5.99. The summed E-state index contributed by atoms with van der Waals surface area (Å²) in [6, 6.07) is 11.8. The van der Waals surface area contributed by atoms with Crippen LogP contribution in [-0.4, -0.2) is 18.0 Å². The first-order valence-corrected chi connectivity index (χ1v) is 9.12. The molecule has 2 aromatic rings. The van der Waals surface area contributed by atoms with E-state index in [0.29, 0.717) is 15.6 Å². The molecule has 0 saturated heterocycles. The summed E-state index contributed by atoms with van der Waals surface area (Å²) in [7, 11) is 0. The summed E-state index contributed by atoms with van der Waals surface area (Å²) in [6.45, 7) is 5.36. The van der Waals surface area contributed by atoms with E-state index < -0.39 is 18.0 Å². The Hall–Kier alpha value is -2.04. The number of halogens is 2. The van der Waals surface area contributed by atoms with E-state index in [1.807, 2.05) is 19.1 Å². The lowest BCUT2D eigenvalue weighted by atomic mass is 10.1. The smallest absolute Gasteiger partial charge is 0.338 e. The Morgan fingerprint density at radius 1 is 1.08 bits per heavy atom. The van der Waals surface area contributed by atoms with Crippen molar-refractivity contribution in [1.82, 2.24) is 5.32 Å². The number of aryl methyl sites for hydroxylation is 1. The minimum Gasteiger partial charge on any atom is -0.449 e. The minimum atomic E-state index is -0.929. The van der Waals surface area contributed by atoms with Gasteiger partial charge in [-0.3, -0.25) is 4.79 Å². The first-order chi connectivity index (χ1) is 12.3. The van der Waals surface area contributed by atoms with E-state index in [1.54, 1.807) is 37.3 Å². The van der Waals surface area contributed by atoms with Crippen LogP contribution in [0.4, 0.5) is 0 Å². The van der Waals surface area contributed by atoms with Gasteiger partial charge in [-0.1, -0.05) is 48.3 Å². The minimum absolute atomic E-state index is 0.350. The molecule has 138 valence electrons. The fourth-order valence-corrected chi connectivity index (χ4v) is 2.99. The van der Waals surface area contributed by atoms with Gasteiger partial charge in [-0.05, 0) is 55.7 Å². The van der Waals surface area contributed by atoms with Gasteiger partial charge in [0.15, 0.2) is 6.10 Å². The second-order valence-corrected chi connectivity index (χ2v) is 6.84. The molecule has 2 atom stereocenters. The van der Waals surface area contributed by atoms with Crippen LogP contribution in [0, 0.1) is 0 Å². The van der Waals surface area contributed by atoms with Crippen molar-refractivity contribution in [2.75, 3.05) is 0 Å². The SMILES string of the molecule is CCc1ccc(C(=O)O[C@@H](C)C(=O)N[C@H](C)c2ccc(Cl)cc2Cl)cc1. The molecule has 0 fully saturated rings. The number of carbonyl (C=O) groups is 2. The van der Waals surface area contributed by atoms with Gasteiger partial charge in [0, 0.05) is 10.0 Å². The quantitative estimate of drug-likeness (QED) is 0.704. The van der Waals surface area contributed by atoms with Gasteiger partial charge in [-0.25, -0.2) is 4.79 Å². The molecule has 0 unspecified atom stereocenters. The van der Waals surface area contributed by atoms with E-state index >= 15 is 0 Å². The number of carbonyl (C=O) groups excluding carboxylic acids is 2. The Labute approximate surface area is 163 Å². The average molecular weight is 394 g/mol. The van der Waals surface area contributed by atoms with E-state index in [2.05, 4.69) is 5.32 Å². The Morgan fingerprint density at radius 2 is 1.73 bits per heavy atom. The highest BCUT2D eigenvalue weighted by molar-refractivity contribution is 6.35. The summed E-state index contributed by atoms with van der Waals surface area (Å²) < 4.78 is 5.25. The van der Waals surface area contributed by atoms with E-state index in [9.17, 15) is 9.59 Å². The summed E-state index contributed by atoms with van der Waals surface area (Å²) in [5.74, 6) is -0.936. The van der Waals surface area contributed by atoms with E-state index in [0.717, 1.165) is 17.5 Å². The molecule has 0 heterocycles. The number of hydrogen-bond donors (Lipinski definition) is 1. The second kappa shape index (κ2) is 9.06. The molecule has 0 spiro atoms. The largest absolute Gasteiger partial charge is 0.449 e. The normalized spacial score (nSPS) is 13.0. The van der Waals surface area contributed by atoms with Crippen LogP contribution < -0.4 is 5.32 Å². The number of rotatable bonds is 6. The predicted molar refractivity (Wildman–Crippen MR) is 104 cm³/mol. The number of amides is 1. The zero-order valence-electron chi connectivity index (χ0n) is 14.9. The van der Waals surface area contributed by atoms with Gasteiger partial charge in [-0.2, -0.15) is 0 Å². The van der Waals surface area contributed by atoms with Crippen LogP contribution in [0.15, 0.2) is 42.5 Å². The Kier molecular flexibility index (Phi) is 7.06. The van der Waals surface area contributed by atoms with E-state index in [4.69, 9.17) is 27.9 Å². The zero-order valence-corrected chi connectivity index (χ0v) is 16.4. The molecule has 2 rings (SSSR count). The van der Waals surface area contributed by atoms with Crippen LogP contribution in [0.1, 0.15) is 48.3 Å². The van der Waals surface area contributed by atoms with Gasteiger partial charge >= 0.3 is 5.97 Å². The number of esters is 1. The number of nitrogens with one attached hydrogen (secondary N) is 1. The molecule has 26 heavy (non-hydrogen) atoms. The maximum absolute atomic E-state index is 12.3. The molecule has 0 aliphatic heterocycles. The van der Waals surface area contributed by atoms with Gasteiger partial charge in [0.1, 0.15) is 0 Å². The van der Waals surface area contributed by atoms with Crippen LogP contribution in [0.5, 0.6) is 0 Å². The highest BCUT2D eigenvalue weighted by Gasteiger charge is 2.21. The molecule has 6 heteroatoms. The third-order valence-corrected chi connectivity index (χ3v) is 4.60. The molecule has 0 radical (unpaired) electrons. The summed E-state index contributed by atoms with van der Waals surface area (Å²) in [5, 5.41) is 3.77. The van der Waals surface area contributed by atoms with Crippen LogP contribution in [0.3, 0.4) is 0 Å². The van der Waals surface area contributed by atoms with Crippen molar-refractivity contribution in [1.29, 1.82) is 0 Å². The molecule has 0 aliphatic carbocycles. The van der Waals surface area contributed by atoms with E-state index in [-0.39, 0.29) is 6.04 Å². The molecule has 0 saturated carbocycles. The molecule has 4 nitrogen and oxygen atoms in total. The Bertz CT molecular complexity index is 790. The number of benzene rings is 2. The van der Waals surface area contributed by atoms with Crippen molar-refractivity contribution >= 4 is 35.1 Å². The van der Waals surface area contributed by atoms with E-state index in [1.165, 1.54) is 6.92 Å². The first-order valence-electron chi connectivity index (χ1n) is 8.37. The first kappa shape index (κ1) is 20.3. The molecule has 0 aromatic heterocycles. The van der Waals surface area contributed by atoms with Crippen LogP contribution in [0.2, 0.25) is 10.0 Å². The Balaban J connectivity index is 1.96. The van der Waals surface area contributed by atoms with Gasteiger partial charge < -0.3 is 10.1 Å². The summed E-state index contributed by atoms with van der Waals surface area (Å²) >= 11 is 12.0. The molecule has 1 N–H and O–H groups in total. The third-order valence-electron chi connectivity index (χ3n) is 4.04. The van der Waals surface area contributed by atoms with Gasteiger partial charge in [0.2, 0.25) is 0 Å². The Morgan fingerprint density at radius 3 is 2.31 bits per heavy atom. The molecule has 0 aliphatic rings. The fourth-order valence-electron chi connectivity index (χ4n) is 2.42. The van der Waals surface area contributed by atoms with Crippen LogP contribution in [-0.2, 0) is 16.0 Å². The summed E-state index contributed by atoms with van der Waals surface area (Å²) in [5.41, 5.74) is 2.27. The molecule has 1 amide bonds. The molecular weight excluding hydrogens is 373 g/mol. The van der Waals surface area contributed by atoms with Gasteiger partial charge in [0.05, 0.1) is 11.6 Å². The maximum atomic E-state index is 12.3. The predicted octanol–water partition coefficient (Wildman–Crippen LogP) is 4.98. The fraction of sp³-hybridized carbons (Fsp3) is 0.300. The summed E-state index contributed by atoms with van der Waals surface area (Å²) in [6.07, 6.45) is -0.0406. The zero-order chi connectivity index (χ0) is 19.3. The third kappa shape index (κ3) is 5.23. The van der Waals surface area contributed by atoms with Crippen molar-refractivity contribution in [3.8, 4) is 0 Å². The van der Waals surface area contributed by atoms with Crippen LogP contribution >= 0.6 is 23.2 Å². The van der Waals surface area contributed by atoms with Gasteiger partial charge in [-0.15, -0.1) is 0 Å². The lowest BCUT2D eigenvalue weighted by Gasteiger charge is -2.19. The number of ether oxygens (including phenoxy) is 1. The lowest BCUT2D eigenvalue weighted by Crippen LogP contribution is -2.37. The molecular formula is C20H21Cl2NO3. The van der Waals surface area contributed by atoms with Crippen molar-refractivity contribution in [3.63, 3.8) is 0 Å². The maximum Gasteiger partial charge on any atom is 0.338 e. The number of hydrogen-bond acceptors (Lipinski definition) is 3. The van der Waals surface area contributed by atoms with Crippen molar-refractivity contribution in [3.05, 3.63) is 69.2 Å². The van der Waals surface area contributed by atoms with Crippen LogP contribution in [0.25, 0.3) is 0 Å². The summed E-state index contributed by atoms with van der Waals surface area (Å²) in [4.78, 5) is 24.5. The lowest BCUT2D eigenvalue weighted by molar-refractivity contribution is -0.129. The molecule has 2 aromatic carbocycles. The van der Waals surface area contributed by atoms with Crippen molar-refractivity contribution in [2.45, 2.75) is 39.3 Å². The average Bonchev–Trinajstić information content (AvgIpc) is 2.61. The highest BCUT2D eigenvalue weighted by Crippen LogP contribution is 2.26. The van der Waals surface area contributed by atoms with Crippen molar-refractivity contribution in [2.24, 2.45) is 0 Å². The standard InChI is InChI=1S/C20H21Cl2NO3/c1-4-14-5-7-15(8-6-14)20(25)26-13(3)19(24)23-12(2)17-10-9-16(21)11-18(17)22/h5-13H,4H2,1-3H3,(H,23,24)/t12-,13+/m1/s1. The molecule has 0 bridgehead atoms. The van der Waals surface area contributed by atoms with Crippen molar-refractivity contribution < 1.29 is 14.3 Å². The van der Waals surface area contributed by atoms with Gasteiger partial charge in [0.25, 0.3) is 5.91 Å². The monoisotopic (exact) mass is 393 g/mol. The highest BCUT2D eigenvalue weighted by atomic mass is 35.5.